The highest BCUT2D eigenvalue weighted by molar-refractivity contribution is 7.92. The van der Waals surface area contributed by atoms with Crippen molar-refractivity contribution in [3.63, 3.8) is 0 Å². The average Bonchev–Trinajstić information content (AvgIpc) is 2.91. The fourth-order valence-corrected chi connectivity index (χ4v) is 5.36. The molecular formula is C28H31Cl2N3O4S. The molecule has 0 saturated heterocycles. The van der Waals surface area contributed by atoms with E-state index in [1.807, 2.05) is 13.8 Å². The van der Waals surface area contributed by atoms with E-state index in [1.54, 1.807) is 61.5 Å². The predicted octanol–water partition coefficient (Wildman–Crippen LogP) is 5.52. The molecule has 10 heteroatoms. The highest BCUT2D eigenvalue weighted by Crippen LogP contribution is 2.25. The summed E-state index contributed by atoms with van der Waals surface area (Å²) in [6.07, 6.45) is 0.727. The van der Waals surface area contributed by atoms with E-state index in [1.165, 1.54) is 29.2 Å². The Bertz CT molecular complexity index is 1330. The molecule has 3 aromatic carbocycles. The minimum Gasteiger partial charge on any atom is -0.352 e. The van der Waals surface area contributed by atoms with Gasteiger partial charge in [-0.05, 0) is 74.4 Å². The number of hydrogen-bond acceptors (Lipinski definition) is 4. The van der Waals surface area contributed by atoms with Crippen LogP contribution in [0.4, 0.5) is 5.69 Å². The number of rotatable bonds is 11. The van der Waals surface area contributed by atoms with E-state index in [4.69, 9.17) is 23.2 Å². The Morgan fingerprint density at radius 1 is 0.868 bits per heavy atom. The zero-order valence-electron chi connectivity index (χ0n) is 21.5. The number of hydrogen-bond donors (Lipinski definition) is 1. The van der Waals surface area contributed by atoms with Crippen LogP contribution >= 0.6 is 23.2 Å². The monoisotopic (exact) mass is 575 g/mol. The van der Waals surface area contributed by atoms with Gasteiger partial charge in [0.2, 0.25) is 11.8 Å². The minimum atomic E-state index is -4.14. The maximum absolute atomic E-state index is 13.8. The normalized spacial score (nSPS) is 12.9. The van der Waals surface area contributed by atoms with Crippen LogP contribution in [0.3, 0.4) is 0 Å². The molecule has 0 unspecified atom stereocenters. The highest BCUT2D eigenvalue weighted by atomic mass is 35.5. The van der Waals surface area contributed by atoms with E-state index in [9.17, 15) is 18.0 Å². The van der Waals surface area contributed by atoms with Gasteiger partial charge in [0.05, 0.1) is 10.6 Å². The molecule has 38 heavy (non-hydrogen) atoms. The van der Waals surface area contributed by atoms with Gasteiger partial charge in [0.15, 0.2) is 0 Å². The quantitative estimate of drug-likeness (QED) is 0.326. The molecule has 0 aliphatic heterocycles. The van der Waals surface area contributed by atoms with Crippen LogP contribution in [0, 0.1) is 0 Å². The molecule has 0 bridgehead atoms. The van der Waals surface area contributed by atoms with Gasteiger partial charge in [-0.3, -0.25) is 13.9 Å². The third-order valence-electron chi connectivity index (χ3n) is 6.16. The lowest BCUT2D eigenvalue weighted by Crippen LogP contribution is -2.52. The summed E-state index contributed by atoms with van der Waals surface area (Å²) < 4.78 is 28.5. The standard InChI is InChI=1S/C28H31Cl2N3O4S/c1-4-20(2)31-28(35)21(3)32(18-22-10-12-23(29)13-11-22)27(34)19-33(25-8-6-5-7-9-25)38(36,37)26-16-14-24(30)15-17-26/h5-17,20-21H,4,18-19H2,1-3H3,(H,31,35)/t20-,21+/m1/s1. The first kappa shape index (κ1) is 29.5. The van der Waals surface area contributed by atoms with Crippen molar-refractivity contribution in [2.45, 2.75) is 50.7 Å². The van der Waals surface area contributed by atoms with Gasteiger partial charge in [0.1, 0.15) is 12.6 Å². The second-order valence-corrected chi connectivity index (χ2v) is 11.7. The van der Waals surface area contributed by atoms with Gasteiger partial charge in [-0.1, -0.05) is 60.5 Å². The zero-order valence-corrected chi connectivity index (χ0v) is 23.8. The molecule has 3 aromatic rings. The molecule has 0 fully saturated rings. The molecule has 0 aromatic heterocycles. The van der Waals surface area contributed by atoms with Gasteiger partial charge in [0, 0.05) is 22.6 Å². The molecule has 0 aliphatic rings. The fourth-order valence-electron chi connectivity index (χ4n) is 3.69. The summed E-state index contributed by atoms with van der Waals surface area (Å²) in [6, 6.07) is 20.1. The van der Waals surface area contributed by atoms with Gasteiger partial charge in [-0.15, -0.1) is 0 Å². The van der Waals surface area contributed by atoms with Crippen LogP contribution in [0.1, 0.15) is 32.8 Å². The van der Waals surface area contributed by atoms with E-state index in [2.05, 4.69) is 5.32 Å². The second-order valence-electron chi connectivity index (χ2n) is 8.94. The number of halogens is 2. The fraction of sp³-hybridized carbons (Fsp3) is 0.286. The molecule has 7 nitrogen and oxygen atoms in total. The second kappa shape index (κ2) is 13.1. The molecule has 0 radical (unpaired) electrons. The van der Waals surface area contributed by atoms with Crippen LogP contribution in [-0.4, -0.2) is 43.8 Å². The average molecular weight is 577 g/mol. The lowest BCUT2D eigenvalue weighted by Gasteiger charge is -2.32. The third-order valence-corrected chi connectivity index (χ3v) is 8.45. The summed E-state index contributed by atoms with van der Waals surface area (Å²) >= 11 is 12.0. The maximum atomic E-state index is 13.8. The van der Waals surface area contributed by atoms with E-state index < -0.39 is 28.5 Å². The number of nitrogens with one attached hydrogen (secondary N) is 1. The molecular weight excluding hydrogens is 545 g/mol. The van der Waals surface area contributed by atoms with Crippen LogP contribution in [0.15, 0.2) is 83.8 Å². The first-order valence-electron chi connectivity index (χ1n) is 12.2. The van der Waals surface area contributed by atoms with Crippen molar-refractivity contribution in [2.24, 2.45) is 0 Å². The third kappa shape index (κ3) is 7.49. The van der Waals surface area contributed by atoms with Crippen LogP contribution in [0.5, 0.6) is 0 Å². The Balaban J connectivity index is 1.99. The first-order chi connectivity index (χ1) is 18.0. The number of para-hydroxylation sites is 1. The predicted molar refractivity (Wildman–Crippen MR) is 152 cm³/mol. The summed E-state index contributed by atoms with van der Waals surface area (Å²) in [7, 11) is -4.14. The van der Waals surface area contributed by atoms with Crippen LogP contribution in [0.2, 0.25) is 10.0 Å². The van der Waals surface area contributed by atoms with Gasteiger partial charge < -0.3 is 10.2 Å². The van der Waals surface area contributed by atoms with Crippen LogP contribution in [-0.2, 0) is 26.2 Å². The van der Waals surface area contributed by atoms with Gasteiger partial charge in [-0.2, -0.15) is 0 Å². The van der Waals surface area contributed by atoms with Gasteiger partial charge in [0.25, 0.3) is 10.0 Å². The van der Waals surface area contributed by atoms with Crippen molar-refractivity contribution in [1.82, 2.24) is 10.2 Å². The first-order valence-corrected chi connectivity index (χ1v) is 14.4. The molecule has 202 valence electrons. The SMILES string of the molecule is CC[C@@H](C)NC(=O)[C@H](C)N(Cc1ccc(Cl)cc1)C(=O)CN(c1ccccc1)S(=O)(=O)c1ccc(Cl)cc1. The van der Waals surface area contributed by atoms with E-state index in [0.717, 1.165) is 16.3 Å². The van der Waals surface area contributed by atoms with Crippen molar-refractivity contribution in [2.75, 3.05) is 10.8 Å². The summed E-state index contributed by atoms with van der Waals surface area (Å²) in [6.45, 7) is 5.04. The van der Waals surface area contributed by atoms with Crippen LogP contribution in [0.25, 0.3) is 0 Å². The minimum absolute atomic E-state index is 0.00892. The summed E-state index contributed by atoms with van der Waals surface area (Å²) in [5.74, 6) is -0.860. The maximum Gasteiger partial charge on any atom is 0.264 e. The molecule has 0 spiro atoms. The van der Waals surface area contributed by atoms with Crippen LogP contribution < -0.4 is 9.62 Å². The van der Waals surface area contributed by atoms with Crippen molar-refractivity contribution in [3.05, 3.63) is 94.5 Å². The molecule has 2 amide bonds. The van der Waals surface area contributed by atoms with Crippen molar-refractivity contribution < 1.29 is 18.0 Å². The molecule has 0 heterocycles. The number of anilines is 1. The van der Waals surface area contributed by atoms with Crippen molar-refractivity contribution >= 4 is 50.7 Å². The summed E-state index contributed by atoms with van der Waals surface area (Å²) in [4.78, 5) is 28.2. The Kier molecular flexibility index (Phi) is 10.2. The number of carbonyl (C=O) groups is 2. The smallest absolute Gasteiger partial charge is 0.264 e. The van der Waals surface area contributed by atoms with Gasteiger partial charge in [-0.25, -0.2) is 8.42 Å². The number of benzene rings is 3. The number of carbonyl (C=O) groups excluding carboxylic acids is 2. The van der Waals surface area contributed by atoms with Crippen molar-refractivity contribution in [3.8, 4) is 0 Å². The highest BCUT2D eigenvalue weighted by Gasteiger charge is 2.32. The Morgan fingerprint density at radius 3 is 1.97 bits per heavy atom. The topological polar surface area (TPSA) is 86.8 Å². The zero-order chi connectivity index (χ0) is 27.9. The molecule has 2 atom stereocenters. The van der Waals surface area contributed by atoms with Crippen molar-refractivity contribution in [1.29, 1.82) is 0 Å². The Hall–Kier alpha value is -3.07. The summed E-state index contributed by atoms with van der Waals surface area (Å²) in [5.41, 5.74) is 1.07. The Morgan fingerprint density at radius 2 is 1.42 bits per heavy atom. The molecule has 0 aliphatic carbocycles. The number of amides is 2. The van der Waals surface area contributed by atoms with E-state index >= 15 is 0 Å². The summed E-state index contributed by atoms with van der Waals surface area (Å²) in [5, 5.41) is 3.84. The van der Waals surface area contributed by atoms with E-state index in [0.29, 0.717) is 15.7 Å². The number of sulfonamides is 1. The lowest BCUT2D eigenvalue weighted by molar-refractivity contribution is -0.139. The van der Waals surface area contributed by atoms with Gasteiger partial charge >= 0.3 is 0 Å². The largest absolute Gasteiger partial charge is 0.352 e. The van der Waals surface area contributed by atoms with E-state index in [-0.39, 0.29) is 23.4 Å². The lowest BCUT2D eigenvalue weighted by atomic mass is 10.1. The molecule has 1 N–H and O–H groups in total. The number of nitrogens with zero attached hydrogens (tertiary/aromatic N) is 2. The molecule has 0 saturated carbocycles. The molecule has 3 rings (SSSR count). The Labute approximate surface area is 234 Å².